The molecule has 11 heteroatoms. The van der Waals surface area contributed by atoms with Crippen molar-refractivity contribution in [2.75, 3.05) is 12.0 Å². The summed E-state index contributed by atoms with van der Waals surface area (Å²) < 4.78 is 11.8. The Labute approximate surface area is 225 Å². The van der Waals surface area contributed by atoms with E-state index in [1.807, 2.05) is 6.92 Å². The van der Waals surface area contributed by atoms with Crippen LogP contribution in [0, 0.1) is 10.1 Å². The molecule has 2 unspecified atom stereocenters. The normalized spacial score (nSPS) is 19.8. The molecule has 4 aromatic rings. The van der Waals surface area contributed by atoms with Crippen LogP contribution >= 0.6 is 11.3 Å². The summed E-state index contributed by atoms with van der Waals surface area (Å²) in [6.45, 7) is 1.94. The topological polar surface area (TPSA) is 132 Å². The number of Topliss-reactive ketones (excluding diaryl/α,β-unsaturated/α-hetero) is 1. The van der Waals surface area contributed by atoms with Gasteiger partial charge in [0, 0.05) is 24.1 Å². The van der Waals surface area contributed by atoms with Gasteiger partial charge in [-0.15, -0.1) is 0 Å². The molecule has 10 nitrogen and oxygen atoms in total. The molecule has 2 atom stereocenters. The number of nitro groups is 1. The number of fused-ring (bicyclic) bond motifs is 2. The molecule has 2 aliphatic heterocycles. The Bertz CT molecular complexity index is 1710. The first kappa shape index (κ1) is 24.6. The highest BCUT2D eigenvalue weighted by Crippen LogP contribution is 2.45. The van der Waals surface area contributed by atoms with Crippen LogP contribution < -0.4 is 14.4 Å². The van der Waals surface area contributed by atoms with Gasteiger partial charge in [-0.25, -0.2) is 4.98 Å². The number of hydrogen-bond acceptors (Lipinski definition) is 9. The smallest absolute Gasteiger partial charge is 0.301 e. The zero-order valence-electron chi connectivity index (χ0n) is 20.8. The molecule has 3 aromatic carbocycles. The Morgan fingerprint density at radius 3 is 2.64 bits per heavy atom. The van der Waals surface area contributed by atoms with E-state index in [0.29, 0.717) is 34.6 Å². The number of anilines is 1. The summed E-state index contributed by atoms with van der Waals surface area (Å²) in [4.78, 5) is 43.5. The summed E-state index contributed by atoms with van der Waals surface area (Å²) in [6, 6.07) is 14.9. The summed E-state index contributed by atoms with van der Waals surface area (Å²) in [5.41, 5.74) is 2.00. The highest BCUT2D eigenvalue weighted by molar-refractivity contribution is 7.22. The molecule has 196 valence electrons. The van der Waals surface area contributed by atoms with Crippen LogP contribution in [0.4, 0.5) is 10.8 Å². The van der Waals surface area contributed by atoms with Crippen LogP contribution in [0.1, 0.15) is 29.7 Å². The van der Waals surface area contributed by atoms with E-state index >= 15 is 0 Å². The van der Waals surface area contributed by atoms with Gasteiger partial charge >= 0.3 is 5.91 Å². The van der Waals surface area contributed by atoms with E-state index in [2.05, 4.69) is 4.98 Å². The number of amides is 1. The zero-order valence-corrected chi connectivity index (χ0v) is 21.6. The van der Waals surface area contributed by atoms with Gasteiger partial charge in [0.05, 0.1) is 33.9 Å². The average molecular weight is 544 g/mol. The summed E-state index contributed by atoms with van der Waals surface area (Å²) in [7, 11) is 1.54. The summed E-state index contributed by atoms with van der Waals surface area (Å²) in [6.07, 6.45) is 0.631. The molecule has 1 saturated heterocycles. The quantitative estimate of drug-likeness (QED) is 0.120. The van der Waals surface area contributed by atoms with E-state index in [9.17, 15) is 24.8 Å². The van der Waals surface area contributed by atoms with Crippen molar-refractivity contribution in [3.63, 3.8) is 0 Å². The van der Waals surface area contributed by atoms with Crippen molar-refractivity contribution >= 4 is 49.8 Å². The van der Waals surface area contributed by atoms with Gasteiger partial charge in [0.2, 0.25) is 0 Å². The molecule has 0 bridgehead atoms. The van der Waals surface area contributed by atoms with E-state index in [-0.39, 0.29) is 28.3 Å². The molecular weight excluding hydrogens is 522 g/mol. The predicted molar refractivity (Wildman–Crippen MR) is 144 cm³/mol. The lowest BCUT2D eigenvalue weighted by Crippen LogP contribution is -2.29. The molecular formula is C28H21N3O7S. The molecule has 6 rings (SSSR count). The lowest BCUT2D eigenvalue weighted by atomic mass is 9.94. The Hall–Kier alpha value is -4.77. The number of aromatic nitrogens is 1. The third-order valence-electron chi connectivity index (χ3n) is 6.82. The molecule has 0 aliphatic carbocycles. The zero-order chi connectivity index (χ0) is 27.4. The fourth-order valence-electron chi connectivity index (χ4n) is 4.97. The second-order valence-corrected chi connectivity index (χ2v) is 10.3. The molecule has 1 amide bonds. The summed E-state index contributed by atoms with van der Waals surface area (Å²) in [5.74, 6) is -0.760. The van der Waals surface area contributed by atoms with Crippen LogP contribution in [0.25, 0.3) is 16.0 Å². The molecule has 0 spiro atoms. The number of nitro benzene ring substituents is 1. The number of thiazole rings is 1. The third kappa shape index (κ3) is 4.07. The van der Waals surface area contributed by atoms with Crippen LogP contribution in [0.5, 0.6) is 11.5 Å². The van der Waals surface area contributed by atoms with Crippen molar-refractivity contribution in [2.24, 2.45) is 0 Å². The van der Waals surface area contributed by atoms with Gasteiger partial charge < -0.3 is 14.6 Å². The number of methoxy groups -OCH3 is 1. The van der Waals surface area contributed by atoms with Crippen LogP contribution in [0.15, 0.2) is 66.2 Å². The van der Waals surface area contributed by atoms with Gasteiger partial charge in [0.25, 0.3) is 11.5 Å². The number of aliphatic hydroxyl groups is 1. The molecule has 3 heterocycles. The Morgan fingerprint density at radius 2 is 1.92 bits per heavy atom. The molecule has 39 heavy (non-hydrogen) atoms. The molecule has 1 aromatic heterocycles. The number of carbonyl (C=O) groups excluding carboxylic acids is 2. The minimum Gasteiger partial charge on any atom is -0.507 e. The standard InChI is InChI=1S/C28H21N3O7S/c1-14-11-17-12-16(5-10-21(17)38-14)25(32)23-24(15-3-6-18(7-4-15)31(35)36)30(27(34)26(23)33)28-29-20-9-8-19(37-2)13-22(20)39-28/h3-10,12-14,24,32H,11H2,1-2H3/b25-23-. The Balaban J connectivity index is 1.52. The largest absolute Gasteiger partial charge is 0.507 e. The summed E-state index contributed by atoms with van der Waals surface area (Å²) in [5, 5.41) is 23.0. The monoisotopic (exact) mass is 543 g/mol. The van der Waals surface area contributed by atoms with Gasteiger partial charge in [-0.1, -0.05) is 11.3 Å². The number of non-ortho nitro benzene ring substituents is 1. The van der Waals surface area contributed by atoms with E-state index in [0.717, 1.165) is 10.3 Å². The second kappa shape index (κ2) is 9.21. The van der Waals surface area contributed by atoms with E-state index in [1.54, 1.807) is 43.5 Å². The van der Waals surface area contributed by atoms with Crippen LogP contribution in [-0.2, 0) is 16.0 Å². The van der Waals surface area contributed by atoms with E-state index < -0.39 is 22.7 Å². The van der Waals surface area contributed by atoms with Gasteiger partial charge in [-0.05, 0) is 66.6 Å². The Morgan fingerprint density at radius 1 is 1.15 bits per heavy atom. The molecule has 2 aliphatic rings. The van der Waals surface area contributed by atoms with Gasteiger partial charge in [0.15, 0.2) is 5.13 Å². The highest BCUT2D eigenvalue weighted by Gasteiger charge is 2.48. The SMILES string of the molecule is COc1ccc2nc(N3C(=O)C(=O)/C(=C(\O)c4ccc5c(c4)CC(C)O5)C3c3ccc([N+](=O)[O-])cc3)sc2c1. The number of carbonyl (C=O) groups is 2. The van der Waals surface area contributed by atoms with Gasteiger partial charge in [-0.3, -0.25) is 24.6 Å². The molecule has 0 radical (unpaired) electrons. The molecule has 1 fully saturated rings. The number of rotatable bonds is 5. The Kier molecular flexibility index (Phi) is 5.80. The number of hydrogen-bond donors (Lipinski definition) is 1. The predicted octanol–water partition coefficient (Wildman–Crippen LogP) is 5.16. The van der Waals surface area contributed by atoms with Crippen LogP contribution in [0.3, 0.4) is 0 Å². The average Bonchev–Trinajstić information content (AvgIpc) is 3.59. The van der Waals surface area contributed by atoms with Crippen molar-refractivity contribution in [3.05, 3.63) is 93.0 Å². The fourth-order valence-corrected chi connectivity index (χ4v) is 5.99. The maximum atomic E-state index is 13.5. The van der Waals surface area contributed by atoms with Crippen LogP contribution in [-0.4, -0.2) is 39.9 Å². The fraction of sp³-hybridized carbons (Fsp3) is 0.179. The number of ether oxygens (including phenoxy) is 2. The lowest BCUT2D eigenvalue weighted by molar-refractivity contribution is -0.384. The first-order chi connectivity index (χ1) is 18.7. The number of nitrogens with zero attached hydrogens (tertiary/aromatic N) is 3. The van der Waals surface area contributed by atoms with E-state index in [1.165, 1.54) is 40.5 Å². The highest BCUT2D eigenvalue weighted by atomic mass is 32.1. The van der Waals surface area contributed by atoms with E-state index in [4.69, 9.17) is 9.47 Å². The first-order valence-electron chi connectivity index (χ1n) is 12.0. The first-order valence-corrected chi connectivity index (χ1v) is 12.9. The number of ketones is 1. The van der Waals surface area contributed by atoms with Crippen LogP contribution in [0.2, 0.25) is 0 Å². The second-order valence-electron chi connectivity index (χ2n) is 9.30. The third-order valence-corrected chi connectivity index (χ3v) is 7.84. The van der Waals surface area contributed by atoms with Gasteiger partial charge in [-0.2, -0.15) is 0 Å². The minimum atomic E-state index is -1.06. The maximum Gasteiger partial charge on any atom is 0.301 e. The molecule has 1 N–H and O–H groups in total. The van der Waals surface area contributed by atoms with Crippen molar-refractivity contribution in [3.8, 4) is 11.5 Å². The minimum absolute atomic E-state index is 0.0132. The lowest BCUT2D eigenvalue weighted by Gasteiger charge is -2.23. The van der Waals surface area contributed by atoms with Crippen molar-refractivity contribution in [1.82, 2.24) is 4.98 Å². The number of aliphatic hydroxyl groups excluding tert-OH is 1. The van der Waals surface area contributed by atoms with Crippen molar-refractivity contribution in [1.29, 1.82) is 0 Å². The van der Waals surface area contributed by atoms with Crippen molar-refractivity contribution < 1.29 is 29.1 Å². The number of benzene rings is 3. The maximum absolute atomic E-state index is 13.5. The van der Waals surface area contributed by atoms with Gasteiger partial charge in [0.1, 0.15) is 23.4 Å². The molecule has 0 saturated carbocycles. The summed E-state index contributed by atoms with van der Waals surface area (Å²) >= 11 is 1.20. The van der Waals surface area contributed by atoms with Crippen molar-refractivity contribution in [2.45, 2.75) is 25.5 Å².